The van der Waals surface area contributed by atoms with Crippen molar-refractivity contribution in [2.45, 2.75) is 32.5 Å². The Hall–Kier alpha value is -1.96. The highest BCUT2D eigenvalue weighted by molar-refractivity contribution is 9.10. The van der Waals surface area contributed by atoms with Crippen LogP contribution in [0.4, 0.5) is 18.0 Å². The highest BCUT2D eigenvalue weighted by Crippen LogP contribution is 2.40. The first-order chi connectivity index (χ1) is 11.4. The van der Waals surface area contributed by atoms with Crippen molar-refractivity contribution in [1.82, 2.24) is 4.57 Å². The molecule has 0 radical (unpaired) electrons. The minimum atomic E-state index is -4.61. The van der Waals surface area contributed by atoms with Gasteiger partial charge in [-0.25, -0.2) is 4.79 Å². The second-order valence-electron chi connectivity index (χ2n) is 6.30. The molecule has 2 aromatic rings. The predicted octanol–water partition coefficient (Wildman–Crippen LogP) is 5.73. The Morgan fingerprint density at radius 3 is 2.32 bits per heavy atom. The van der Waals surface area contributed by atoms with E-state index >= 15 is 0 Å². The van der Waals surface area contributed by atoms with Crippen LogP contribution in [0.2, 0.25) is 0 Å². The number of nitrogens with zero attached hydrogens (tertiary/aromatic N) is 1. The fourth-order valence-corrected chi connectivity index (χ4v) is 2.63. The standard InChI is InChI=1S/C17H17BrF3NO3/c1-16(2,3)25-15(23)22-9-10(18)7-14(22)12-6-5-11(24-4)8-13(12)17(19,20)21/h5-9H,1-4H3. The zero-order chi connectivity index (χ0) is 19.0. The number of ether oxygens (including phenoxy) is 2. The van der Waals surface area contributed by atoms with E-state index in [1.165, 1.54) is 31.5 Å². The van der Waals surface area contributed by atoms with E-state index in [0.29, 0.717) is 4.47 Å². The summed E-state index contributed by atoms with van der Waals surface area (Å²) in [6.07, 6.45) is -4.01. The van der Waals surface area contributed by atoms with Crippen molar-refractivity contribution in [2.24, 2.45) is 0 Å². The van der Waals surface area contributed by atoms with E-state index in [9.17, 15) is 18.0 Å². The first-order valence-electron chi connectivity index (χ1n) is 7.29. The lowest BCUT2D eigenvalue weighted by atomic mass is 10.0. The monoisotopic (exact) mass is 419 g/mol. The molecule has 0 fully saturated rings. The number of aromatic nitrogens is 1. The third kappa shape index (κ3) is 4.56. The number of halogens is 4. The molecule has 0 aliphatic rings. The summed E-state index contributed by atoms with van der Waals surface area (Å²) in [5.41, 5.74) is -1.76. The lowest BCUT2D eigenvalue weighted by Gasteiger charge is -2.21. The molecular formula is C17H17BrF3NO3. The minimum absolute atomic E-state index is 0.0658. The van der Waals surface area contributed by atoms with Gasteiger partial charge in [-0.3, -0.25) is 4.57 Å². The number of benzene rings is 1. The molecule has 0 atom stereocenters. The van der Waals surface area contributed by atoms with Gasteiger partial charge in [-0.15, -0.1) is 0 Å². The molecular weight excluding hydrogens is 403 g/mol. The van der Waals surface area contributed by atoms with E-state index in [-0.39, 0.29) is 17.0 Å². The van der Waals surface area contributed by atoms with E-state index < -0.39 is 23.4 Å². The van der Waals surface area contributed by atoms with Crippen molar-refractivity contribution in [2.75, 3.05) is 7.11 Å². The number of rotatable bonds is 2. The molecule has 0 unspecified atom stereocenters. The Balaban J connectivity index is 2.62. The Kier molecular flexibility index (Phi) is 5.22. The van der Waals surface area contributed by atoms with E-state index in [4.69, 9.17) is 9.47 Å². The summed E-state index contributed by atoms with van der Waals surface area (Å²) in [5.74, 6) is 0.0746. The van der Waals surface area contributed by atoms with Crippen LogP contribution >= 0.6 is 15.9 Å². The first kappa shape index (κ1) is 19.4. The van der Waals surface area contributed by atoms with Gasteiger partial charge < -0.3 is 9.47 Å². The van der Waals surface area contributed by atoms with Crippen molar-refractivity contribution < 1.29 is 27.4 Å². The van der Waals surface area contributed by atoms with Gasteiger partial charge in [0.2, 0.25) is 0 Å². The number of hydrogen-bond donors (Lipinski definition) is 0. The average molecular weight is 420 g/mol. The van der Waals surface area contributed by atoms with Crippen LogP contribution in [0.1, 0.15) is 26.3 Å². The third-order valence-corrected chi connectivity index (χ3v) is 3.62. The van der Waals surface area contributed by atoms with Gasteiger partial charge in [-0.1, -0.05) is 0 Å². The number of carbonyl (C=O) groups excluding carboxylic acids is 1. The van der Waals surface area contributed by atoms with Crippen molar-refractivity contribution in [1.29, 1.82) is 0 Å². The summed E-state index contributed by atoms with van der Waals surface area (Å²) in [7, 11) is 1.29. The molecule has 0 saturated heterocycles. The molecule has 1 aromatic heterocycles. The molecule has 8 heteroatoms. The van der Waals surface area contributed by atoms with E-state index in [1.54, 1.807) is 20.8 Å². The summed E-state index contributed by atoms with van der Waals surface area (Å²) in [6, 6.07) is 5.01. The van der Waals surface area contributed by atoms with E-state index in [0.717, 1.165) is 10.6 Å². The minimum Gasteiger partial charge on any atom is -0.497 e. The Bertz CT molecular complexity index is 791. The van der Waals surface area contributed by atoms with E-state index in [1.807, 2.05) is 0 Å². The molecule has 1 heterocycles. The molecule has 0 saturated carbocycles. The normalized spacial score (nSPS) is 12.2. The molecule has 25 heavy (non-hydrogen) atoms. The zero-order valence-corrected chi connectivity index (χ0v) is 15.7. The third-order valence-electron chi connectivity index (χ3n) is 3.18. The van der Waals surface area contributed by atoms with Gasteiger partial charge in [0.15, 0.2) is 0 Å². The van der Waals surface area contributed by atoms with Crippen LogP contribution in [0.3, 0.4) is 0 Å². The smallest absolute Gasteiger partial charge is 0.419 e. The summed E-state index contributed by atoms with van der Waals surface area (Å²) in [5, 5.41) is 0. The molecule has 0 spiro atoms. The van der Waals surface area contributed by atoms with Gasteiger partial charge in [0.1, 0.15) is 11.4 Å². The van der Waals surface area contributed by atoms with Crippen LogP contribution in [0.25, 0.3) is 11.3 Å². The largest absolute Gasteiger partial charge is 0.497 e. The Labute approximate surface area is 151 Å². The van der Waals surface area contributed by atoms with Crippen molar-refractivity contribution >= 4 is 22.0 Å². The second-order valence-corrected chi connectivity index (χ2v) is 7.22. The zero-order valence-electron chi connectivity index (χ0n) is 14.1. The fraction of sp³-hybridized carbons (Fsp3) is 0.353. The molecule has 0 aliphatic carbocycles. The maximum absolute atomic E-state index is 13.5. The molecule has 2 rings (SSSR count). The maximum atomic E-state index is 13.5. The van der Waals surface area contributed by atoms with Gasteiger partial charge in [-0.05, 0) is 61.0 Å². The van der Waals surface area contributed by atoms with Gasteiger partial charge >= 0.3 is 12.3 Å². The molecule has 1 aromatic carbocycles. The van der Waals surface area contributed by atoms with Crippen LogP contribution in [-0.4, -0.2) is 23.4 Å². The fourth-order valence-electron chi connectivity index (χ4n) is 2.21. The SMILES string of the molecule is COc1ccc(-c2cc(Br)cn2C(=O)OC(C)(C)C)c(C(F)(F)F)c1. The van der Waals surface area contributed by atoms with Crippen LogP contribution in [0.15, 0.2) is 34.9 Å². The van der Waals surface area contributed by atoms with Crippen molar-refractivity contribution in [3.63, 3.8) is 0 Å². The molecule has 0 bridgehead atoms. The average Bonchev–Trinajstić information content (AvgIpc) is 2.86. The lowest BCUT2D eigenvalue weighted by molar-refractivity contribution is -0.137. The van der Waals surface area contributed by atoms with Gasteiger partial charge in [0, 0.05) is 16.2 Å². The highest BCUT2D eigenvalue weighted by Gasteiger charge is 2.35. The van der Waals surface area contributed by atoms with Gasteiger partial charge in [0.05, 0.1) is 18.4 Å². The number of alkyl halides is 3. The molecule has 136 valence electrons. The topological polar surface area (TPSA) is 40.5 Å². The quantitative estimate of drug-likeness (QED) is 0.623. The van der Waals surface area contributed by atoms with Crippen LogP contribution in [-0.2, 0) is 10.9 Å². The molecule has 0 amide bonds. The Morgan fingerprint density at radius 1 is 1.16 bits per heavy atom. The predicted molar refractivity (Wildman–Crippen MR) is 90.8 cm³/mol. The van der Waals surface area contributed by atoms with Gasteiger partial charge in [-0.2, -0.15) is 13.2 Å². The Morgan fingerprint density at radius 2 is 1.80 bits per heavy atom. The van der Waals surface area contributed by atoms with Crippen LogP contribution < -0.4 is 4.74 Å². The highest BCUT2D eigenvalue weighted by atomic mass is 79.9. The summed E-state index contributed by atoms with van der Waals surface area (Å²) in [4.78, 5) is 12.4. The molecule has 4 nitrogen and oxygen atoms in total. The number of carbonyl (C=O) groups is 1. The molecule has 0 N–H and O–H groups in total. The maximum Gasteiger partial charge on any atom is 0.419 e. The van der Waals surface area contributed by atoms with Crippen LogP contribution in [0, 0.1) is 0 Å². The number of hydrogen-bond acceptors (Lipinski definition) is 3. The number of methoxy groups -OCH3 is 1. The summed E-state index contributed by atoms with van der Waals surface area (Å²) < 4.78 is 52.1. The summed E-state index contributed by atoms with van der Waals surface area (Å²) >= 11 is 3.20. The van der Waals surface area contributed by atoms with Crippen molar-refractivity contribution in [3.05, 3.63) is 40.5 Å². The van der Waals surface area contributed by atoms with E-state index in [2.05, 4.69) is 15.9 Å². The van der Waals surface area contributed by atoms with Crippen molar-refractivity contribution in [3.8, 4) is 17.0 Å². The van der Waals surface area contributed by atoms with Crippen LogP contribution in [0.5, 0.6) is 5.75 Å². The first-order valence-corrected chi connectivity index (χ1v) is 8.08. The lowest BCUT2D eigenvalue weighted by Crippen LogP contribution is -2.27. The summed E-state index contributed by atoms with van der Waals surface area (Å²) in [6.45, 7) is 5.03. The molecule has 0 aliphatic heterocycles. The van der Waals surface area contributed by atoms with Gasteiger partial charge in [0.25, 0.3) is 0 Å². The second kappa shape index (κ2) is 6.74.